The number of hydrogen-bond donors (Lipinski definition) is 2. The Morgan fingerprint density at radius 2 is 1.92 bits per heavy atom. The second-order valence-electron chi connectivity index (χ2n) is 7.48. The van der Waals surface area contributed by atoms with E-state index in [9.17, 15) is 23.5 Å². The highest BCUT2D eigenvalue weighted by molar-refractivity contribution is 5.69. The van der Waals surface area contributed by atoms with E-state index in [1.165, 1.54) is 0 Å². The zero-order valence-corrected chi connectivity index (χ0v) is 15.0. The van der Waals surface area contributed by atoms with Crippen molar-refractivity contribution in [3.63, 3.8) is 0 Å². The molecule has 6 nitrogen and oxygen atoms in total. The molecule has 0 aromatic heterocycles. The Hall–Kier alpha value is -2.38. The highest BCUT2D eigenvalue weighted by Crippen LogP contribution is 2.38. The number of likely N-dealkylation sites (tertiary alicyclic amines) is 1. The third kappa shape index (κ3) is 4.62. The summed E-state index contributed by atoms with van der Waals surface area (Å²) in [6.45, 7) is 4.93. The standard InChI is InChI=1S/C18H24F2N2O4/c1-18(2,3)14-13(12(15(19)20)9-22(14)17(24)25)21-16(23)26-10-11-7-5-4-6-8-11/h4-8,12-15H,9-10H2,1-3H3,(H,21,23)(H,24,25)/t12-,13+,14?/m1/s1. The maximum atomic E-state index is 13.5. The molecule has 1 unspecified atom stereocenters. The van der Waals surface area contributed by atoms with Gasteiger partial charge in [0.05, 0.1) is 18.0 Å². The first kappa shape index (κ1) is 19.9. The van der Waals surface area contributed by atoms with Crippen LogP contribution < -0.4 is 5.32 Å². The summed E-state index contributed by atoms with van der Waals surface area (Å²) in [5.41, 5.74) is 0.123. The molecule has 0 aliphatic carbocycles. The van der Waals surface area contributed by atoms with Gasteiger partial charge in [-0.2, -0.15) is 0 Å². The third-order valence-corrected chi connectivity index (χ3v) is 4.50. The summed E-state index contributed by atoms with van der Waals surface area (Å²) >= 11 is 0. The van der Waals surface area contributed by atoms with Crippen LogP contribution in [0.5, 0.6) is 0 Å². The van der Waals surface area contributed by atoms with Crippen molar-refractivity contribution in [2.45, 2.75) is 45.9 Å². The Morgan fingerprint density at radius 3 is 2.42 bits per heavy atom. The van der Waals surface area contributed by atoms with Crippen molar-refractivity contribution < 1.29 is 28.2 Å². The number of carboxylic acid groups (broad SMARTS) is 1. The number of alkyl halides is 2. The van der Waals surface area contributed by atoms with Crippen molar-refractivity contribution in [1.82, 2.24) is 10.2 Å². The number of carbonyl (C=O) groups is 2. The van der Waals surface area contributed by atoms with Crippen molar-refractivity contribution in [2.75, 3.05) is 6.54 Å². The van der Waals surface area contributed by atoms with E-state index in [0.717, 1.165) is 10.5 Å². The first-order valence-corrected chi connectivity index (χ1v) is 8.36. The number of amides is 2. The zero-order valence-electron chi connectivity index (χ0n) is 15.0. The zero-order chi connectivity index (χ0) is 19.5. The van der Waals surface area contributed by atoms with E-state index in [4.69, 9.17) is 4.74 Å². The number of carbonyl (C=O) groups excluding carboxylic acids is 1. The van der Waals surface area contributed by atoms with Gasteiger partial charge in [-0.25, -0.2) is 18.4 Å². The van der Waals surface area contributed by atoms with E-state index in [1.54, 1.807) is 45.0 Å². The predicted octanol–water partition coefficient (Wildman–Crippen LogP) is 3.57. The van der Waals surface area contributed by atoms with Gasteiger partial charge >= 0.3 is 12.2 Å². The molecule has 0 bridgehead atoms. The summed E-state index contributed by atoms with van der Waals surface area (Å²) in [4.78, 5) is 24.6. The van der Waals surface area contributed by atoms with Gasteiger partial charge in [0.2, 0.25) is 6.43 Å². The molecule has 3 atom stereocenters. The van der Waals surface area contributed by atoms with Crippen molar-refractivity contribution in [1.29, 1.82) is 0 Å². The molecule has 1 heterocycles. The maximum absolute atomic E-state index is 13.5. The van der Waals surface area contributed by atoms with Crippen LogP contribution in [0.3, 0.4) is 0 Å². The Kier molecular flexibility index (Phi) is 6.05. The van der Waals surface area contributed by atoms with Crippen LogP contribution in [0.4, 0.5) is 18.4 Å². The normalized spacial score (nSPS) is 23.2. The molecule has 1 fully saturated rings. The smallest absolute Gasteiger partial charge is 0.407 e. The summed E-state index contributed by atoms with van der Waals surface area (Å²) < 4.78 is 32.1. The SMILES string of the molecule is CC(C)(C)C1[C@@H](NC(=O)OCc2ccccc2)[C@H](C(F)F)CN1C(=O)O. The second kappa shape index (κ2) is 7.88. The molecule has 0 spiro atoms. The van der Waals surface area contributed by atoms with Crippen LogP contribution in [-0.4, -0.2) is 47.2 Å². The fourth-order valence-corrected chi connectivity index (χ4v) is 3.41. The minimum absolute atomic E-state index is 0.00156. The number of alkyl carbamates (subject to hydrolysis) is 1. The minimum atomic E-state index is -2.76. The van der Waals surface area contributed by atoms with E-state index in [0.29, 0.717) is 0 Å². The van der Waals surface area contributed by atoms with Gasteiger partial charge in [0.25, 0.3) is 0 Å². The molecule has 1 aliphatic heterocycles. The summed E-state index contributed by atoms with van der Waals surface area (Å²) in [5, 5.41) is 11.9. The number of hydrogen-bond acceptors (Lipinski definition) is 3. The van der Waals surface area contributed by atoms with Crippen molar-refractivity contribution in [2.24, 2.45) is 11.3 Å². The van der Waals surface area contributed by atoms with Crippen LogP contribution in [0.25, 0.3) is 0 Å². The van der Waals surface area contributed by atoms with Gasteiger partial charge in [-0.15, -0.1) is 0 Å². The van der Waals surface area contributed by atoms with Crippen molar-refractivity contribution in [3.8, 4) is 0 Å². The molecular weight excluding hydrogens is 346 g/mol. The van der Waals surface area contributed by atoms with E-state index < -0.39 is 42.0 Å². The van der Waals surface area contributed by atoms with Crippen LogP contribution in [0.15, 0.2) is 30.3 Å². The Bertz CT molecular complexity index is 634. The molecule has 1 aromatic carbocycles. The van der Waals surface area contributed by atoms with Crippen LogP contribution in [0, 0.1) is 11.3 Å². The Balaban J connectivity index is 2.13. The molecule has 2 rings (SSSR count). The molecule has 1 saturated heterocycles. The minimum Gasteiger partial charge on any atom is -0.465 e. The lowest BCUT2D eigenvalue weighted by Gasteiger charge is -2.37. The van der Waals surface area contributed by atoms with E-state index in [-0.39, 0.29) is 13.2 Å². The first-order chi connectivity index (χ1) is 12.1. The number of ether oxygens (including phenoxy) is 1. The number of benzene rings is 1. The van der Waals surface area contributed by atoms with Crippen molar-refractivity contribution >= 4 is 12.2 Å². The summed E-state index contributed by atoms with van der Waals surface area (Å²) in [6, 6.07) is 7.13. The third-order valence-electron chi connectivity index (χ3n) is 4.50. The summed E-state index contributed by atoms with van der Waals surface area (Å²) in [5.74, 6) is -1.29. The molecule has 2 amide bonds. The summed E-state index contributed by atoms with van der Waals surface area (Å²) in [7, 11) is 0. The van der Waals surface area contributed by atoms with Crippen LogP contribution in [0.1, 0.15) is 26.3 Å². The van der Waals surface area contributed by atoms with Gasteiger partial charge in [-0.05, 0) is 11.0 Å². The largest absolute Gasteiger partial charge is 0.465 e. The second-order valence-corrected chi connectivity index (χ2v) is 7.48. The number of rotatable bonds is 4. The molecular formula is C18H24F2N2O4. The monoisotopic (exact) mass is 370 g/mol. The van der Waals surface area contributed by atoms with Crippen LogP contribution >= 0.6 is 0 Å². The predicted molar refractivity (Wildman–Crippen MR) is 91.0 cm³/mol. The molecule has 8 heteroatoms. The lowest BCUT2D eigenvalue weighted by atomic mass is 9.80. The van der Waals surface area contributed by atoms with E-state index >= 15 is 0 Å². The maximum Gasteiger partial charge on any atom is 0.407 e. The molecule has 0 saturated carbocycles. The van der Waals surface area contributed by atoms with Gasteiger partial charge in [0, 0.05) is 6.54 Å². The highest BCUT2D eigenvalue weighted by Gasteiger charge is 2.52. The van der Waals surface area contributed by atoms with E-state index in [1.807, 2.05) is 6.07 Å². The van der Waals surface area contributed by atoms with E-state index in [2.05, 4.69) is 5.32 Å². The van der Waals surface area contributed by atoms with Gasteiger partial charge in [-0.3, -0.25) is 0 Å². The Labute approximate surface area is 151 Å². The molecule has 26 heavy (non-hydrogen) atoms. The van der Waals surface area contributed by atoms with Crippen molar-refractivity contribution in [3.05, 3.63) is 35.9 Å². The first-order valence-electron chi connectivity index (χ1n) is 8.36. The lowest BCUT2D eigenvalue weighted by Crippen LogP contribution is -2.54. The Morgan fingerprint density at radius 1 is 1.31 bits per heavy atom. The van der Waals surface area contributed by atoms with Gasteiger partial charge in [0.1, 0.15) is 6.61 Å². The van der Waals surface area contributed by atoms with Crippen LogP contribution in [0.2, 0.25) is 0 Å². The van der Waals surface area contributed by atoms with Gasteiger partial charge in [-0.1, -0.05) is 51.1 Å². The number of nitrogens with one attached hydrogen (secondary N) is 1. The fraction of sp³-hybridized carbons (Fsp3) is 0.556. The van der Waals surface area contributed by atoms with Gasteiger partial charge in [0.15, 0.2) is 0 Å². The lowest BCUT2D eigenvalue weighted by molar-refractivity contribution is 0.0612. The average molecular weight is 370 g/mol. The quantitative estimate of drug-likeness (QED) is 0.849. The number of nitrogens with zero attached hydrogens (tertiary/aromatic N) is 1. The molecule has 1 aliphatic rings. The molecule has 0 radical (unpaired) electrons. The molecule has 144 valence electrons. The van der Waals surface area contributed by atoms with Crippen LogP contribution in [-0.2, 0) is 11.3 Å². The highest BCUT2D eigenvalue weighted by atomic mass is 19.3. The number of halogens is 2. The van der Waals surface area contributed by atoms with Gasteiger partial charge < -0.3 is 20.1 Å². The molecule has 1 aromatic rings. The molecule has 2 N–H and O–H groups in total. The topological polar surface area (TPSA) is 78.9 Å². The fourth-order valence-electron chi connectivity index (χ4n) is 3.41. The average Bonchev–Trinajstić information content (AvgIpc) is 2.94. The summed E-state index contributed by atoms with van der Waals surface area (Å²) in [6.07, 6.45) is -4.88.